The number of esters is 1. The summed E-state index contributed by atoms with van der Waals surface area (Å²) in [6.07, 6.45) is 1.66. The number of carbonyl (C=O) groups is 2. The van der Waals surface area contributed by atoms with Gasteiger partial charge in [-0.15, -0.1) is 0 Å². The van der Waals surface area contributed by atoms with Crippen molar-refractivity contribution in [2.75, 3.05) is 7.11 Å². The Labute approximate surface area is 149 Å². The number of fused-ring (bicyclic) bond motifs is 1. The molecule has 0 saturated carbocycles. The molecule has 0 aliphatic heterocycles. The van der Waals surface area contributed by atoms with Crippen LogP contribution in [0.15, 0.2) is 36.4 Å². The van der Waals surface area contributed by atoms with Gasteiger partial charge in [0.2, 0.25) is 0 Å². The molecule has 1 unspecified atom stereocenters. The highest BCUT2D eigenvalue weighted by molar-refractivity contribution is 6.00. The Hall–Kier alpha value is -2.36. The Balaban J connectivity index is 1.92. The smallest absolute Gasteiger partial charge is 0.308 e. The molecule has 0 aliphatic rings. The van der Waals surface area contributed by atoms with E-state index in [1.54, 1.807) is 7.11 Å². The zero-order valence-electron chi connectivity index (χ0n) is 15.4. The van der Waals surface area contributed by atoms with E-state index < -0.39 is 0 Å². The third kappa shape index (κ3) is 5.31. The standard InChI is InChI=1S/C21H26O4/c1-14(2)25-21(23)15(3)6-5-7-20(22)18-9-8-17-13-19(24-4)11-10-16(17)12-18/h8-15H,5-7H2,1-4H3. The van der Waals surface area contributed by atoms with Crippen LogP contribution in [0.5, 0.6) is 5.75 Å². The van der Waals surface area contributed by atoms with E-state index in [4.69, 9.17) is 9.47 Å². The molecule has 0 radical (unpaired) electrons. The SMILES string of the molecule is COc1ccc2cc(C(=O)CCCC(C)C(=O)OC(C)C)ccc2c1. The first-order valence-corrected chi connectivity index (χ1v) is 8.72. The number of carbonyl (C=O) groups excluding carboxylic acids is 2. The zero-order chi connectivity index (χ0) is 18.4. The Morgan fingerprint density at radius 1 is 1.00 bits per heavy atom. The monoisotopic (exact) mass is 342 g/mol. The molecule has 0 aromatic heterocycles. The molecule has 0 amide bonds. The van der Waals surface area contributed by atoms with Crippen molar-refractivity contribution in [3.63, 3.8) is 0 Å². The molecule has 0 aliphatic carbocycles. The van der Waals surface area contributed by atoms with Gasteiger partial charge in [0.1, 0.15) is 5.75 Å². The van der Waals surface area contributed by atoms with Crippen LogP contribution >= 0.6 is 0 Å². The van der Waals surface area contributed by atoms with Gasteiger partial charge in [0.05, 0.1) is 19.1 Å². The van der Waals surface area contributed by atoms with Crippen molar-refractivity contribution in [1.29, 1.82) is 0 Å². The molecule has 0 bridgehead atoms. The molecule has 0 spiro atoms. The molecule has 0 N–H and O–H groups in total. The van der Waals surface area contributed by atoms with Gasteiger partial charge < -0.3 is 9.47 Å². The van der Waals surface area contributed by atoms with E-state index >= 15 is 0 Å². The second-order valence-electron chi connectivity index (χ2n) is 6.63. The second-order valence-corrected chi connectivity index (χ2v) is 6.63. The van der Waals surface area contributed by atoms with Crippen molar-refractivity contribution in [2.45, 2.75) is 46.1 Å². The number of ether oxygens (including phenoxy) is 2. The van der Waals surface area contributed by atoms with Crippen molar-refractivity contribution < 1.29 is 19.1 Å². The number of Topliss-reactive ketones (excluding diaryl/α,β-unsaturated/α-hetero) is 1. The zero-order valence-corrected chi connectivity index (χ0v) is 15.4. The average molecular weight is 342 g/mol. The van der Waals surface area contributed by atoms with Gasteiger partial charge >= 0.3 is 5.97 Å². The average Bonchev–Trinajstić information content (AvgIpc) is 2.59. The maximum Gasteiger partial charge on any atom is 0.308 e. The highest BCUT2D eigenvalue weighted by Gasteiger charge is 2.16. The fraction of sp³-hybridized carbons (Fsp3) is 0.429. The molecule has 134 valence electrons. The van der Waals surface area contributed by atoms with Crippen LogP contribution in [0.25, 0.3) is 10.8 Å². The summed E-state index contributed by atoms with van der Waals surface area (Å²) >= 11 is 0. The number of benzene rings is 2. The molecule has 0 heterocycles. The summed E-state index contributed by atoms with van der Waals surface area (Å²) in [4.78, 5) is 24.2. The molecule has 2 rings (SSSR count). The number of hydrogen-bond donors (Lipinski definition) is 0. The predicted molar refractivity (Wildman–Crippen MR) is 99.1 cm³/mol. The van der Waals surface area contributed by atoms with Crippen LogP contribution in [-0.2, 0) is 9.53 Å². The summed E-state index contributed by atoms with van der Waals surface area (Å²) in [5.74, 6) is 0.525. The number of ketones is 1. The molecule has 2 aromatic carbocycles. The fourth-order valence-electron chi connectivity index (χ4n) is 2.70. The van der Waals surface area contributed by atoms with Crippen molar-refractivity contribution >= 4 is 22.5 Å². The van der Waals surface area contributed by atoms with E-state index in [2.05, 4.69) is 0 Å². The topological polar surface area (TPSA) is 52.6 Å². The number of rotatable bonds is 8. The van der Waals surface area contributed by atoms with Crippen LogP contribution in [-0.4, -0.2) is 25.0 Å². The number of hydrogen-bond acceptors (Lipinski definition) is 4. The molecule has 1 atom stereocenters. The lowest BCUT2D eigenvalue weighted by molar-refractivity contribution is -0.152. The van der Waals surface area contributed by atoms with Gasteiger partial charge in [-0.2, -0.15) is 0 Å². The summed E-state index contributed by atoms with van der Waals surface area (Å²) in [5, 5.41) is 2.06. The lowest BCUT2D eigenvalue weighted by Gasteiger charge is -2.13. The van der Waals surface area contributed by atoms with Crippen LogP contribution < -0.4 is 4.74 Å². The van der Waals surface area contributed by atoms with E-state index in [9.17, 15) is 9.59 Å². The molecule has 0 fully saturated rings. The minimum atomic E-state index is -0.192. The summed E-state index contributed by atoms with van der Waals surface area (Å²) in [7, 11) is 1.64. The normalized spacial score (nSPS) is 12.2. The molecule has 4 nitrogen and oxygen atoms in total. The van der Waals surface area contributed by atoms with E-state index in [0.717, 1.165) is 16.5 Å². The summed E-state index contributed by atoms with van der Waals surface area (Å²) < 4.78 is 10.4. The largest absolute Gasteiger partial charge is 0.497 e. The molecule has 4 heteroatoms. The van der Waals surface area contributed by atoms with Crippen LogP contribution in [0, 0.1) is 5.92 Å². The van der Waals surface area contributed by atoms with Gasteiger partial charge in [0.15, 0.2) is 5.78 Å². The number of methoxy groups -OCH3 is 1. The molecular formula is C21H26O4. The lowest BCUT2D eigenvalue weighted by atomic mass is 9.98. The van der Waals surface area contributed by atoms with E-state index in [0.29, 0.717) is 24.8 Å². The minimum absolute atomic E-state index is 0.0992. The highest BCUT2D eigenvalue weighted by atomic mass is 16.5. The molecular weight excluding hydrogens is 316 g/mol. The summed E-state index contributed by atoms with van der Waals surface area (Å²) in [6.45, 7) is 5.52. The Morgan fingerprint density at radius 2 is 1.68 bits per heavy atom. The first kappa shape index (κ1) is 19.0. The minimum Gasteiger partial charge on any atom is -0.497 e. The van der Waals surface area contributed by atoms with Crippen molar-refractivity contribution in [3.8, 4) is 5.75 Å². The van der Waals surface area contributed by atoms with Gasteiger partial charge in [-0.3, -0.25) is 9.59 Å². The van der Waals surface area contributed by atoms with Gasteiger partial charge in [-0.1, -0.05) is 25.1 Å². The Bertz CT molecular complexity index is 749. The van der Waals surface area contributed by atoms with Gasteiger partial charge in [-0.25, -0.2) is 0 Å². The lowest BCUT2D eigenvalue weighted by Crippen LogP contribution is -2.19. The maximum atomic E-state index is 12.4. The fourth-order valence-corrected chi connectivity index (χ4v) is 2.70. The summed E-state index contributed by atoms with van der Waals surface area (Å²) in [5.41, 5.74) is 0.704. The van der Waals surface area contributed by atoms with E-state index in [-0.39, 0.29) is 23.8 Å². The maximum absolute atomic E-state index is 12.4. The van der Waals surface area contributed by atoms with Crippen LogP contribution in [0.2, 0.25) is 0 Å². The van der Waals surface area contributed by atoms with Gasteiger partial charge in [-0.05, 0) is 55.7 Å². The van der Waals surface area contributed by atoms with Crippen LogP contribution in [0.4, 0.5) is 0 Å². The van der Waals surface area contributed by atoms with Crippen LogP contribution in [0.3, 0.4) is 0 Å². The first-order chi connectivity index (χ1) is 11.9. The van der Waals surface area contributed by atoms with E-state index in [1.807, 2.05) is 57.2 Å². The molecule has 25 heavy (non-hydrogen) atoms. The van der Waals surface area contributed by atoms with Gasteiger partial charge in [0.25, 0.3) is 0 Å². The van der Waals surface area contributed by atoms with Crippen molar-refractivity contribution in [3.05, 3.63) is 42.0 Å². The Morgan fingerprint density at radius 3 is 2.36 bits per heavy atom. The first-order valence-electron chi connectivity index (χ1n) is 8.72. The third-order valence-corrected chi connectivity index (χ3v) is 4.16. The predicted octanol–water partition coefficient (Wildman–Crippen LogP) is 4.79. The highest BCUT2D eigenvalue weighted by Crippen LogP contribution is 2.23. The third-order valence-electron chi connectivity index (χ3n) is 4.16. The Kier molecular flexibility index (Phi) is 6.57. The van der Waals surface area contributed by atoms with Crippen molar-refractivity contribution in [2.24, 2.45) is 5.92 Å². The quantitative estimate of drug-likeness (QED) is 0.511. The summed E-state index contributed by atoms with van der Waals surface area (Å²) in [6, 6.07) is 11.5. The van der Waals surface area contributed by atoms with Crippen LogP contribution in [0.1, 0.15) is 50.4 Å². The molecule has 0 saturated heterocycles. The van der Waals surface area contributed by atoms with E-state index in [1.165, 1.54) is 0 Å². The van der Waals surface area contributed by atoms with Gasteiger partial charge in [0, 0.05) is 12.0 Å². The van der Waals surface area contributed by atoms with Crippen molar-refractivity contribution in [1.82, 2.24) is 0 Å². The molecule has 2 aromatic rings. The second kappa shape index (κ2) is 8.65.